The lowest BCUT2D eigenvalue weighted by Crippen LogP contribution is -2.20. The van der Waals surface area contributed by atoms with Crippen LogP contribution in [0.25, 0.3) is 11.0 Å². The zero-order valence-corrected chi connectivity index (χ0v) is 14.0. The predicted molar refractivity (Wildman–Crippen MR) is 96.2 cm³/mol. The zero-order chi connectivity index (χ0) is 16.9. The summed E-state index contributed by atoms with van der Waals surface area (Å²) in [7, 11) is 0. The van der Waals surface area contributed by atoms with Gasteiger partial charge in [0, 0.05) is 18.0 Å². The molecule has 0 spiro atoms. The number of nitrogens with one attached hydrogen (secondary N) is 1. The summed E-state index contributed by atoms with van der Waals surface area (Å²) in [5, 5.41) is 4.80. The first kappa shape index (κ1) is 16.2. The molecule has 1 amide bonds. The van der Waals surface area contributed by atoms with E-state index in [0.29, 0.717) is 18.0 Å². The van der Waals surface area contributed by atoms with E-state index in [1.54, 1.807) is 18.5 Å². The highest BCUT2D eigenvalue weighted by molar-refractivity contribution is 6.30. The minimum atomic E-state index is -0.138. The average molecular weight is 341 g/mol. The van der Waals surface area contributed by atoms with Crippen molar-refractivity contribution in [2.45, 2.75) is 19.9 Å². The molecule has 0 bridgehead atoms. The highest BCUT2D eigenvalue weighted by Gasteiger charge is 2.05. The molecule has 0 radical (unpaired) electrons. The van der Waals surface area contributed by atoms with Crippen LogP contribution in [0, 0.1) is 0 Å². The number of aromatic nitrogens is 2. The van der Waals surface area contributed by atoms with E-state index >= 15 is 0 Å². The zero-order valence-electron chi connectivity index (χ0n) is 13.2. The number of hydrazone groups is 1. The number of rotatable bonds is 5. The Labute approximate surface area is 145 Å². The van der Waals surface area contributed by atoms with Crippen molar-refractivity contribution in [1.82, 2.24) is 15.0 Å². The standard InChI is InChI=1S/C18H17ClN4O/c1-13(14-6-8-15(19)9-7-14)21-22-18(24)10-11-23-12-20-16-4-2-3-5-17(16)23/h2-9,12H,10-11H2,1H3,(H,22,24). The Morgan fingerprint density at radius 2 is 1.96 bits per heavy atom. The van der Waals surface area contributed by atoms with E-state index in [9.17, 15) is 4.79 Å². The molecule has 0 saturated heterocycles. The van der Waals surface area contributed by atoms with Crippen LogP contribution < -0.4 is 5.43 Å². The lowest BCUT2D eigenvalue weighted by Gasteiger charge is -2.05. The van der Waals surface area contributed by atoms with Crippen LogP contribution in [0.1, 0.15) is 18.9 Å². The first-order valence-electron chi connectivity index (χ1n) is 7.62. The quantitative estimate of drug-likeness (QED) is 0.569. The van der Waals surface area contributed by atoms with E-state index < -0.39 is 0 Å². The summed E-state index contributed by atoms with van der Waals surface area (Å²) in [4.78, 5) is 16.3. The lowest BCUT2D eigenvalue weighted by molar-refractivity contribution is -0.121. The fraction of sp³-hybridized carbons (Fsp3) is 0.167. The number of imidazole rings is 1. The Hall–Kier alpha value is -2.66. The van der Waals surface area contributed by atoms with E-state index in [1.165, 1.54) is 0 Å². The van der Waals surface area contributed by atoms with Crippen molar-refractivity contribution in [3.8, 4) is 0 Å². The number of fused-ring (bicyclic) bond motifs is 1. The maximum absolute atomic E-state index is 12.0. The normalized spacial score (nSPS) is 11.7. The summed E-state index contributed by atoms with van der Waals surface area (Å²) in [6.07, 6.45) is 2.08. The van der Waals surface area contributed by atoms with Gasteiger partial charge in [-0.25, -0.2) is 10.4 Å². The highest BCUT2D eigenvalue weighted by Crippen LogP contribution is 2.12. The van der Waals surface area contributed by atoms with Crippen molar-refractivity contribution in [3.63, 3.8) is 0 Å². The van der Waals surface area contributed by atoms with Crippen LogP contribution in [0.3, 0.4) is 0 Å². The van der Waals surface area contributed by atoms with Crippen molar-refractivity contribution in [2.75, 3.05) is 0 Å². The fourth-order valence-corrected chi connectivity index (χ4v) is 2.49. The largest absolute Gasteiger partial charge is 0.330 e. The molecule has 3 rings (SSSR count). The Morgan fingerprint density at radius 3 is 2.75 bits per heavy atom. The number of amides is 1. The van der Waals surface area contributed by atoms with Gasteiger partial charge in [-0.3, -0.25) is 4.79 Å². The van der Waals surface area contributed by atoms with Crippen molar-refractivity contribution < 1.29 is 4.79 Å². The molecule has 1 heterocycles. The summed E-state index contributed by atoms with van der Waals surface area (Å²) in [5.41, 5.74) is 6.18. The molecule has 0 aliphatic heterocycles. The van der Waals surface area contributed by atoms with Crippen LogP contribution in [0.4, 0.5) is 0 Å². The van der Waals surface area contributed by atoms with Crippen LogP contribution in [0.15, 0.2) is 60.0 Å². The number of benzene rings is 2. The molecule has 122 valence electrons. The van der Waals surface area contributed by atoms with Crippen molar-refractivity contribution in [2.24, 2.45) is 5.10 Å². The molecule has 5 nitrogen and oxygen atoms in total. The van der Waals surface area contributed by atoms with Crippen LogP contribution in [0.2, 0.25) is 5.02 Å². The number of carbonyl (C=O) groups excluding carboxylic acids is 1. The summed E-state index contributed by atoms with van der Waals surface area (Å²) in [5.74, 6) is -0.138. The number of aryl methyl sites for hydroxylation is 1. The van der Waals surface area contributed by atoms with Crippen molar-refractivity contribution in [3.05, 3.63) is 65.4 Å². The van der Waals surface area contributed by atoms with E-state index in [2.05, 4.69) is 15.5 Å². The second kappa shape index (κ2) is 7.27. The first-order chi connectivity index (χ1) is 11.6. The molecule has 0 fully saturated rings. The Bertz CT molecular complexity index is 883. The lowest BCUT2D eigenvalue weighted by atomic mass is 10.1. The number of halogens is 1. The van der Waals surface area contributed by atoms with Crippen LogP contribution >= 0.6 is 11.6 Å². The van der Waals surface area contributed by atoms with Gasteiger partial charge in [0.1, 0.15) is 0 Å². The second-order valence-corrected chi connectivity index (χ2v) is 5.85. The molecule has 1 N–H and O–H groups in total. The third-order valence-electron chi connectivity index (χ3n) is 3.72. The van der Waals surface area contributed by atoms with Crippen molar-refractivity contribution in [1.29, 1.82) is 0 Å². The van der Waals surface area contributed by atoms with Crippen molar-refractivity contribution >= 4 is 34.3 Å². The fourth-order valence-electron chi connectivity index (χ4n) is 2.37. The Morgan fingerprint density at radius 1 is 1.21 bits per heavy atom. The summed E-state index contributed by atoms with van der Waals surface area (Å²) in [6, 6.07) is 15.2. The monoisotopic (exact) mass is 340 g/mol. The topological polar surface area (TPSA) is 59.3 Å². The molecule has 0 unspecified atom stereocenters. The van der Waals surface area contributed by atoms with Crippen LogP contribution in [0.5, 0.6) is 0 Å². The van der Waals surface area contributed by atoms with Crippen LogP contribution in [-0.4, -0.2) is 21.2 Å². The Balaban J connectivity index is 1.57. The number of nitrogens with zero attached hydrogens (tertiary/aromatic N) is 3. The molecule has 0 aliphatic rings. The molecule has 0 atom stereocenters. The summed E-state index contributed by atoms with van der Waals surface area (Å²) in [6.45, 7) is 2.40. The maximum atomic E-state index is 12.0. The van der Waals surface area contributed by atoms with Gasteiger partial charge >= 0.3 is 0 Å². The van der Waals surface area contributed by atoms with Gasteiger partial charge in [0.15, 0.2) is 0 Å². The minimum Gasteiger partial charge on any atom is -0.330 e. The minimum absolute atomic E-state index is 0.138. The molecular formula is C18H17ClN4O. The van der Waals surface area contributed by atoms with Gasteiger partial charge in [-0.05, 0) is 36.8 Å². The van der Waals surface area contributed by atoms with Gasteiger partial charge in [-0.2, -0.15) is 5.10 Å². The van der Waals surface area contributed by atoms with Gasteiger partial charge in [0.25, 0.3) is 0 Å². The molecule has 1 aromatic heterocycles. The molecule has 2 aromatic carbocycles. The predicted octanol–water partition coefficient (Wildman–Crippen LogP) is 3.62. The first-order valence-corrected chi connectivity index (χ1v) is 8.00. The summed E-state index contributed by atoms with van der Waals surface area (Å²) >= 11 is 5.86. The molecule has 0 aliphatic carbocycles. The summed E-state index contributed by atoms with van der Waals surface area (Å²) < 4.78 is 1.96. The highest BCUT2D eigenvalue weighted by atomic mass is 35.5. The average Bonchev–Trinajstić information content (AvgIpc) is 3.01. The molecule has 6 heteroatoms. The van der Waals surface area contributed by atoms with E-state index in [-0.39, 0.29) is 5.91 Å². The van der Waals surface area contributed by atoms with Gasteiger partial charge < -0.3 is 4.57 Å². The Kier molecular flexibility index (Phi) is 4.91. The molecule has 0 saturated carbocycles. The van der Waals surface area contributed by atoms with Crippen LogP contribution in [-0.2, 0) is 11.3 Å². The van der Waals surface area contributed by atoms with Gasteiger partial charge in [-0.1, -0.05) is 35.9 Å². The number of hydrogen-bond donors (Lipinski definition) is 1. The van der Waals surface area contributed by atoms with Gasteiger partial charge in [-0.15, -0.1) is 0 Å². The van der Waals surface area contributed by atoms with Gasteiger partial charge in [0.2, 0.25) is 5.91 Å². The molecule has 24 heavy (non-hydrogen) atoms. The second-order valence-electron chi connectivity index (χ2n) is 5.42. The maximum Gasteiger partial charge on any atom is 0.241 e. The third-order valence-corrected chi connectivity index (χ3v) is 3.97. The van der Waals surface area contributed by atoms with E-state index in [0.717, 1.165) is 22.3 Å². The van der Waals surface area contributed by atoms with Gasteiger partial charge in [0.05, 0.1) is 23.1 Å². The third kappa shape index (κ3) is 3.81. The molecular weight excluding hydrogens is 324 g/mol. The van der Waals surface area contributed by atoms with E-state index in [1.807, 2.05) is 47.9 Å². The van der Waals surface area contributed by atoms with E-state index in [4.69, 9.17) is 11.6 Å². The smallest absolute Gasteiger partial charge is 0.241 e. The number of hydrogen-bond acceptors (Lipinski definition) is 3. The number of para-hydroxylation sites is 2. The SMILES string of the molecule is CC(=NNC(=O)CCn1cnc2ccccc21)c1ccc(Cl)cc1. The number of carbonyl (C=O) groups is 1. The molecule has 3 aromatic rings.